The molecule has 0 aliphatic carbocycles. The van der Waals surface area contributed by atoms with Gasteiger partial charge in [-0.3, -0.25) is 14.2 Å². The van der Waals surface area contributed by atoms with Crippen LogP contribution in [0.1, 0.15) is 6.42 Å². The Morgan fingerprint density at radius 2 is 1.86 bits per heavy atom. The van der Waals surface area contributed by atoms with E-state index in [-0.39, 0.29) is 16.5 Å². The van der Waals surface area contributed by atoms with Gasteiger partial charge in [0.25, 0.3) is 5.56 Å². The van der Waals surface area contributed by atoms with Crippen molar-refractivity contribution < 1.29 is 9.15 Å². The van der Waals surface area contributed by atoms with Crippen molar-refractivity contribution in [1.82, 2.24) is 9.55 Å². The summed E-state index contributed by atoms with van der Waals surface area (Å²) < 4.78 is 12.4. The number of hydrogen-bond donors (Lipinski definition) is 0. The van der Waals surface area contributed by atoms with Crippen LogP contribution in [-0.4, -0.2) is 23.3 Å². The molecule has 0 saturated heterocycles. The monoisotopic (exact) mass is 396 g/mol. The number of aromatic nitrogens is 2. The Kier molecular flexibility index (Phi) is 4.98. The van der Waals surface area contributed by atoms with E-state index in [1.807, 2.05) is 6.07 Å². The zero-order chi connectivity index (χ0) is 19.7. The zero-order valence-corrected chi connectivity index (χ0v) is 15.9. The Balaban J connectivity index is 2.08. The van der Waals surface area contributed by atoms with E-state index in [1.165, 1.54) is 4.57 Å². The lowest BCUT2D eigenvalue weighted by Crippen LogP contribution is -2.28. The standard InChI is InChI=1S/C21H17ClN2O4/c1-27-12-6-11-24-19(13-7-2-4-9-15(13)22)23-20-17(21(24)26)18(25)14-8-3-5-10-16(14)28-20/h2-5,7-10H,6,11-12H2,1H3. The molecule has 0 aliphatic rings. The number of benzene rings is 2. The first-order valence-electron chi connectivity index (χ1n) is 8.82. The summed E-state index contributed by atoms with van der Waals surface area (Å²) in [7, 11) is 1.59. The molecule has 4 aromatic rings. The Morgan fingerprint density at radius 1 is 1.11 bits per heavy atom. The maximum absolute atomic E-state index is 13.3. The van der Waals surface area contributed by atoms with Gasteiger partial charge in [-0.15, -0.1) is 0 Å². The molecule has 0 N–H and O–H groups in total. The fraction of sp³-hybridized carbons (Fsp3) is 0.190. The van der Waals surface area contributed by atoms with Crippen LogP contribution in [0.5, 0.6) is 0 Å². The van der Waals surface area contributed by atoms with Gasteiger partial charge in [0.2, 0.25) is 11.1 Å². The summed E-state index contributed by atoms with van der Waals surface area (Å²) in [5.41, 5.74) is 0.146. The van der Waals surface area contributed by atoms with Gasteiger partial charge in [0.15, 0.2) is 5.39 Å². The summed E-state index contributed by atoms with van der Waals surface area (Å²) in [5, 5.41) is 0.743. The molecule has 0 unspecified atom stereocenters. The highest BCUT2D eigenvalue weighted by molar-refractivity contribution is 6.33. The van der Waals surface area contributed by atoms with Crippen molar-refractivity contribution in [3.63, 3.8) is 0 Å². The topological polar surface area (TPSA) is 74.3 Å². The van der Waals surface area contributed by atoms with E-state index in [0.29, 0.717) is 47.0 Å². The quantitative estimate of drug-likeness (QED) is 0.378. The molecule has 0 bridgehead atoms. The highest BCUT2D eigenvalue weighted by atomic mass is 35.5. The maximum Gasteiger partial charge on any atom is 0.269 e. The van der Waals surface area contributed by atoms with Gasteiger partial charge in [0.05, 0.1) is 10.4 Å². The fourth-order valence-electron chi connectivity index (χ4n) is 3.21. The molecule has 142 valence electrons. The van der Waals surface area contributed by atoms with Gasteiger partial charge >= 0.3 is 0 Å². The minimum Gasteiger partial charge on any atom is -0.437 e. The molecule has 2 aromatic carbocycles. The molecular weight excluding hydrogens is 380 g/mol. The Hall–Kier alpha value is -2.96. The summed E-state index contributed by atoms with van der Waals surface area (Å²) in [6.07, 6.45) is 0.583. The van der Waals surface area contributed by atoms with Crippen LogP contribution < -0.4 is 11.0 Å². The minimum absolute atomic E-state index is 0.00612. The number of hydrogen-bond acceptors (Lipinski definition) is 5. The number of rotatable bonds is 5. The third-order valence-electron chi connectivity index (χ3n) is 4.55. The molecule has 28 heavy (non-hydrogen) atoms. The van der Waals surface area contributed by atoms with Gasteiger partial charge in [0, 0.05) is 25.8 Å². The van der Waals surface area contributed by atoms with Crippen LogP contribution >= 0.6 is 11.6 Å². The van der Waals surface area contributed by atoms with Crippen molar-refractivity contribution >= 4 is 33.7 Å². The van der Waals surface area contributed by atoms with Crippen LogP contribution in [0.3, 0.4) is 0 Å². The lowest BCUT2D eigenvalue weighted by molar-refractivity contribution is 0.190. The lowest BCUT2D eigenvalue weighted by atomic mass is 10.1. The SMILES string of the molecule is COCCCn1c(-c2ccccc2Cl)nc2oc3ccccc3c(=O)c2c1=O. The van der Waals surface area contributed by atoms with Crippen LogP contribution in [0.25, 0.3) is 33.5 Å². The molecule has 7 heteroatoms. The number of halogens is 1. The smallest absolute Gasteiger partial charge is 0.269 e. The number of nitrogens with zero attached hydrogens (tertiary/aromatic N) is 2. The molecule has 4 rings (SSSR count). The normalized spacial score (nSPS) is 11.4. The molecule has 0 fully saturated rings. The van der Waals surface area contributed by atoms with E-state index in [4.69, 9.17) is 20.8 Å². The predicted molar refractivity (Wildman–Crippen MR) is 109 cm³/mol. The van der Waals surface area contributed by atoms with E-state index >= 15 is 0 Å². The second kappa shape index (κ2) is 7.58. The number of para-hydroxylation sites is 1. The minimum atomic E-state index is -0.449. The largest absolute Gasteiger partial charge is 0.437 e. The average Bonchev–Trinajstić information content (AvgIpc) is 2.70. The Morgan fingerprint density at radius 3 is 2.64 bits per heavy atom. The Bertz CT molecular complexity index is 1290. The van der Waals surface area contributed by atoms with Crippen LogP contribution in [0.15, 0.2) is 62.5 Å². The number of fused-ring (bicyclic) bond motifs is 2. The maximum atomic E-state index is 13.3. The van der Waals surface area contributed by atoms with E-state index in [2.05, 4.69) is 4.98 Å². The second-order valence-corrected chi connectivity index (χ2v) is 6.73. The van der Waals surface area contributed by atoms with Crippen molar-refractivity contribution in [3.8, 4) is 11.4 Å². The van der Waals surface area contributed by atoms with Crippen LogP contribution in [0, 0.1) is 0 Å². The summed E-state index contributed by atoms with van der Waals surface area (Å²) in [6.45, 7) is 0.807. The lowest BCUT2D eigenvalue weighted by Gasteiger charge is -2.14. The first-order chi connectivity index (χ1) is 13.6. The van der Waals surface area contributed by atoms with Crippen molar-refractivity contribution in [2.75, 3.05) is 13.7 Å². The predicted octanol–water partition coefficient (Wildman–Crippen LogP) is 3.86. The van der Waals surface area contributed by atoms with Gasteiger partial charge in [-0.25, -0.2) is 0 Å². The van der Waals surface area contributed by atoms with Gasteiger partial charge in [-0.2, -0.15) is 4.98 Å². The van der Waals surface area contributed by atoms with Gasteiger partial charge < -0.3 is 9.15 Å². The van der Waals surface area contributed by atoms with Crippen LogP contribution in [-0.2, 0) is 11.3 Å². The van der Waals surface area contributed by atoms with E-state index < -0.39 is 5.56 Å². The molecule has 0 aliphatic heterocycles. The molecule has 0 saturated carbocycles. The van der Waals surface area contributed by atoms with Crippen molar-refractivity contribution in [1.29, 1.82) is 0 Å². The second-order valence-electron chi connectivity index (χ2n) is 6.33. The van der Waals surface area contributed by atoms with Gasteiger partial charge in [-0.1, -0.05) is 35.9 Å². The van der Waals surface area contributed by atoms with Crippen molar-refractivity contribution in [2.45, 2.75) is 13.0 Å². The van der Waals surface area contributed by atoms with E-state index in [9.17, 15) is 9.59 Å². The van der Waals surface area contributed by atoms with Gasteiger partial charge in [-0.05, 0) is 30.7 Å². The molecule has 0 atom stereocenters. The molecule has 0 radical (unpaired) electrons. The third-order valence-corrected chi connectivity index (χ3v) is 4.88. The van der Waals surface area contributed by atoms with Crippen LogP contribution in [0.4, 0.5) is 0 Å². The van der Waals surface area contributed by atoms with E-state index in [1.54, 1.807) is 49.6 Å². The average molecular weight is 397 g/mol. The summed E-state index contributed by atoms with van der Waals surface area (Å²) >= 11 is 6.35. The Labute approximate surface area is 165 Å². The first-order valence-corrected chi connectivity index (χ1v) is 9.20. The zero-order valence-electron chi connectivity index (χ0n) is 15.1. The highest BCUT2D eigenvalue weighted by Gasteiger charge is 2.19. The van der Waals surface area contributed by atoms with E-state index in [0.717, 1.165) is 0 Å². The summed E-state index contributed by atoms with van der Waals surface area (Å²) in [4.78, 5) is 30.7. The van der Waals surface area contributed by atoms with Crippen molar-refractivity contribution in [3.05, 3.63) is 74.1 Å². The first kappa shape index (κ1) is 18.4. The summed E-state index contributed by atoms with van der Waals surface area (Å²) in [5.74, 6) is 0.359. The molecular formula is C21H17ClN2O4. The highest BCUT2D eigenvalue weighted by Crippen LogP contribution is 2.27. The number of ether oxygens (including phenoxy) is 1. The van der Waals surface area contributed by atoms with Crippen LogP contribution in [0.2, 0.25) is 5.02 Å². The fourth-order valence-corrected chi connectivity index (χ4v) is 3.43. The third kappa shape index (κ3) is 3.10. The molecule has 0 spiro atoms. The van der Waals surface area contributed by atoms with Crippen molar-refractivity contribution in [2.24, 2.45) is 0 Å². The molecule has 6 nitrogen and oxygen atoms in total. The molecule has 2 heterocycles. The molecule has 0 amide bonds. The molecule has 2 aromatic heterocycles. The van der Waals surface area contributed by atoms with Gasteiger partial charge in [0.1, 0.15) is 11.4 Å². The number of methoxy groups -OCH3 is 1. The summed E-state index contributed by atoms with van der Waals surface area (Å²) in [6, 6.07) is 13.9.